The lowest BCUT2D eigenvalue weighted by Gasteiger charge is -2.13. The van der Waals surface area contributed by atoms with Crippen LogP contribution in [0.3, 0.4) is 0 Å². The number of ether oxygens (including phenoxy) is 2. The fourth-order valence-electron chi connectivity index (χ4n) is 0.736. The summed E-state index contributed by atoms with van der Waals surface area (Å²) < 4.78 is 10.4. The van der Waals surface area contributed by atoms with Gasteiger partial charge in [0.15, 0.2) is 11.5 Å². The Kier molecular flexibility index (Phi) is 1.09. The van der Waals surface area contributed by atoms with E-state index in [9.17, 15) is 0 Å². The number of rotatable bonds is 0. The minimum Gasteiger partial charge on any atom is -0.485 e. The van der Waals surface area contributed by atoms with Gasteiger partial charge in [-0.2, -0.15) is 0 Å². The molecule has 0 aliphatic carbocycles. The summed E-state index contributed by atoms with van der Waals surface area (Å²) in [6, 6.07) is 0. The van der Waals surface area contributed by atoms with E-state index in [4.69, 9.17) is 9.47 Å². The highest BCUT2D eigenvalue weighted by Crippen LogP contribution is 2.32. The van der Waals surface area contributed by atoms with Gasteiger partial charge in [-0.3, -0.25) is 0 Å². The van der Waals surface area contributed by atoms with Crippen LogP contribution in [0, 0.1) is 5.38 Å². The molecule has 3 heteroatoms. The molecule has 0 saturated heterocycles. The molecule has 1 aliphatic heterocycles. The minimum absolute atomic E-state index is 0.653. The van der Waals surface area contributed by atoms with Gasteiger partial charge in [-0.05, 0) is 0 Å². The van der Waals surface area contributed by atoms with Gasteiger partial charge in [0, 0.05) is 5.38 Å². The first-order valence-electron chi connectivity index (χ1n) is 2.71. The second kappa shape index (κ2) is 1.92. The van der Waals surface area contributed by atoms with Crippen molar-refractivity contribution < 1.29 is 9.47 Å². The van der Waals surface area contributed by atoms with Crippen molar-refractivity contribution in [3.05, 3.63) is 10.8 Å². The first-order valence-corrected chi connectivity index (χ1v) is 3.59. The van der Waals surface area contributed by atoms with E-state index in [0.717, 1.165) is 11.5 Å². The third-order valence-electron chi connectivity index (χ3n) is 1.13. The van der Waals surface area contributed by atoms with Crippen LogP contribution in [0.25, 0.3) is 0 Å². The largest absolute Gasteiger partial charge is 0.485 e. The van der Waals surface area contributed by atoms with Crippen LogP contribution >= 0.6 is 11.3 Å². The lowest BCUT2D eigenvalue weighted by molar-refractivity contribution is 0.173. The number of hydrogen-bond acceptors (Lipinski definition) is 3. The van der Waals surface area contributed by atoms with Crippen LogP contribution in [0.4, 0.5) is 0 Å². The van der Waals surface area contributed by atoms with E-state index >= 15 is 0 Å². The summed E-state index contributed by atoms with van der Waals surface area (Å²) in [5.41, 5.74) is 0. The Hall–Kier alpha value is -0.700. The molecule has 0 N–H and O–H groups in total. The quantitative estimate of drug-likeness (QED) is 0.542. The minimum atomic E-state index is 0.653. The molecular formula is C6H5O2S. The molecule has 0 unspecified atom stereocenters. The van der Waals surface area contributed by atoms with E-state index in [0.29, 0.717) is 13.2 Å². The molecule has 0 atom stereocenters. The average Bonchev–Trinajstić information content (AvgIpc) is 2.33. The normalized spacial score (nSPS) is 15.6. The van der Waals surface area contributed by atoms with Crippen LogP contribution in [0.15, 0.2) is 5.38 Å². The van der Waals surface area contributed by atoms with Crippen LogP contribution in [-0.4, -0.2) is 13.2 Å². The Morgan fingerprint density at radius 2 is 2.33 bits per heavy atom. The number of hydrogen-bond donors (Lipinski definition) is 0. The second-order valence-electron chi connectivity index (χ2n) is 1.73. The Labute approximate surface area is 57.0 Å². The van der Waals surface area contributed by atoms with Crippen LogP contribution in [0.2, 0.25) is 0 Å². The molecule has 1 radical (unpaired) electrons. The summed E-state index contributed by atoms with van der Waals surface area (Å²) in [5.74, 6) is 1.61. The third kappa shape index (κ3) is 0.772. The predicted octanol–water partition coefficient (Wildman–Crippen LogP) is 1.32. The molecule has 0 saturated carbocycles. The van der Waals surface area contributed by atoms with Gasteiger partial charge in [0.1, 0.15) is 13.2 Å². The Bertz CT molecular complexity index is 186. The van der Waals surface area contributed by atoms with Crippen LogP contribution in [0.5, 0.6) is 11.5 Å². The molecule has 47 valence electrons. The molecule has 0 bridgehead atoms. The van der Waals surface area contributed by atoms with Crippen molar-refractivity contribution in [2.75, 3.05) is 13.2 Å². The van der Waals surface area contributed by atoms with Crippen molar-refractivity contribution in [1.82, 2.24) is 0 Å². The maximum Gasteiger partial charge on any atom is 0.180 e. The van der Waals surface area contributed by atoms with Crippen LogP contribution < -0.4 is 9.47 Å². The van der Waals surface area contributed by atoms with Gasteiger partial charge in [-0.1, -0.05) is 0 Å². The number of thiophene rings is 1. The van der Waals surface area contributed by atoms with Crippen molar-refractivity contribution in [1.29, 1.82) is 0 Å². The lowest BCUT2D eigenvalue weighted by Crippen LogP contribution is -2.13. The van der Waals surface area contributed by atoms with E-state index < -0.39 is 0 Å². The molecule has 0 spiro atoms. The van der Waals surface area contributed by atoms with E-state index in [2.05, 4.69) is 5.38 Å². The molecule has 1 aromatic heterocycles. The molecule has 2 heterocycles. The first kappa shape index (κ1) is 5.11. The van der Waals surface area contributed by atoms with E-state index in [1.165, 1.54) is 11.3 Å². The van der Waals surface area contributed by atoms with Gasteiger partial charge >= 0.3 is 0 Å². The topological polar surface area (TPSA) is 18.5 Å². The molecule has 2 rings (SSSR count). The van der Waals surface area contributed by atoms with Crippen molar-refractivity contribution in [3.8, 4) is 11.5 Å². The zero-order valence-corrected chi connectivity index (χ0v) is 5.53. The summed E-state index contributed by atoms with van der Waals surface area (Å²) in [6.45, 7) is 1.32. The van der Waals surface area contributed by atoms with Gasteiger partial charge in [0.05, 0.1) is 5.38 Å². The van der Waals surface area contributed by atoms with E-state index in [1.807, 2.05) is 5.38 Å². The van der Waals surface area contributed by atoms with Crippen molar-refractivity contribution in [2.45, 2.75) is 0 Å². The average molecular weight is 141 g/mol. The lowest BCUT2D eigenvalue weighted by atomic mass is 10.5. The standard InChI is InChI=1S/C6H5O2S/c1-2-8-6-4-9-3-5(6)7-1/h3H,1-2H2. The summed E-state index contributed by atoms with van der Waals surface area (Å²) in [5, 5.41) is 4.85. The third-order valence-corrected chi connectivity index (χ3v) is 1.76. The molecule has 2 nitrogen and oxygen atoms in total. The zero-order valence-electron chi connectivity index (χ0n) is 4.72. The summed E-state index contributed by atoms with van der Waals surface area (Å²) in [4.78, 5) is 0. The summed E-state index contributed by atoms with van der Waals surface area (Å²) in [6.07, 6.45) is 0. The van der Waals surface area contributed by atoms with Gasteiger partial charge < -0.3 is 9.47 Å². The Morgan fingerprint density at radius 1 is 1.44 bits per heavy atom. The smallest absolute Gasteiger partial charge is 0.180 e. The summed E-state index contributed by atoms with van der Waals surface area (Å²) >= 11 is 1.48. The van der Waals surface area contributed by atoms with E-state index in [1.54, 1.807) is 0 Å². The van der Waals surface area contributed by atoms with Gasteiger partial charge in [0.2, 0.25) is 0 Å². The number of fused-ring (bicyclic) bond motifs is 1. The highest BCUT2D eigenvalue weighted by Gasteiger charge is 2.10. The van der Waals surface area contributed by atoms with Crippen molar-refractivity contribution in [2.24, 2.45) is 0 Å². The van der Waals surface area contributed by atoms with Gasteiger partial charge in [0.25, 0.3) is 0 Å². The highest BCUT2D eigenvalue weighted by molar-refractivity contribution is 7.07. The highest BCUT2D eigenvalue weighted by atomic mass is 32.1. The monoisotopic (exact) mass is 141 g/mol. The molecule has 0 aromatic carbocycles. The van der Waals surface area contributed by atoms with E-state index in [-0.39, 0.29) is 0 Å². The summed E-state index contributed by atoms with van der Waals surface area (Å²) in [7, 11) is 0. The maximum atomic E-state index is 5.22. The molecular weight excluding hydrogens is 136 g/mol. The molecule has 1 aromatic rings. The first-order chi connectivity index (χ1) is 4.47. The van der Waals surface area contributed by atoms with Crippen LogP contribution in [0.1, 0.15) is 0 Å². The fourth-order valence-corrected chi connectivity index (χ4v) is 1.34. The SMILES string of the molecule is [c]1scc2c1OCCO2. The predicted molar refractivity (Wildman–Crippen MR) is 34.1 cm³/mol. The zero-order chi connectivity index (χ0) is 6.10. The second-order valence-corrected chi connectivity index (χ2v) is 2.40. The maximum absolute atomic E-state index is 5.22. The van der Waals surface area contributed by atoms with Crippen molar-refractivity contribution in [3.63, 3.8) is 0 Å². The Balaban J connectivity index is 2.39. The molecule has 0 fully saturated rings. The molecule has 9 heavy (non-hydrogen) atoms. The van der Waals surface area contributed by atoms with Crippen molar-refractivity contribution >= 4 is 11.3 Å². The van der Waals surface area contributed by atoms with Crippen LogP contribution in [-0.2, 0) is 0 Å². The van der Waals surface area contributed by atoms with Gasteiger partial charge in [-0.25, -0.2) is 0 Å². The Morgan fingerprint density at radius 3 is 3.22 bits per heavy atom. The molecule has 1 aliphatic rings. The van der Waals surface area contributed by atoms with Gasteiger partial charge in [-0.15, -0.1) is 11.3 Å². The molecule has 0 amide bonds. The fraction of sp³-hybridized carbons (Fsp3) is 0.333.